The first-order chi connectivity index (χ1) is 11.8. The molecule has 0 radical (unpaired) electrons. The Morgan fingerprint density at radius 3 is 2.52 bits per heavy atom. The van der Waals surface area contributed by atoms with Gasteiger partial charge in [0.1, 0.15) is 12.2 Å². The third-order valence-electron chi connectivity index (χ3n) is 3.05. The Kier molecular flexibility index (Phi) is 8.70. The molecule has 1 aromatic carbocycles. The zero-order valence-corrected chi connectivity index (χ0v) is 15.2. The summed E-state index contributed by atoms with van der Waals surface area (Å²) in [5.74, 6) is -0.374. The number of amides is 1. The number of hydrogen-bond acceptors (Lipinski definition) is 5. The van der Waals surface area contributed by atoms with Crippen LogP contribution in [-0.2, 0) is 20.9 Å². The third-order valence-corrected chi connectivity index (χ3v) is 3.05. The minimum atomic E-state index is -0.571. The highest BCUT2D eigenvalue weighted by Gasteiger charge is 2.22. The van der Waals surface area contributed by atoms with Crippen LogP contribution in [0.15, 0.2) is 43.0 Å². The van der Waals surface area contributed by atoms with Gasteiger partial charge in [-0.05, 0) is 26.3 Å². The maximum absolute atomic E-state index is 12.0. The third kappa shape index (κ3) is 10.2. The summed E-state index contributed by atoms with van der Waals surface area (Å²) in [6, 6.07) is 8.96. The SMILES string of the molecule is C=CCNC[C@H](CC(=O)OC(C)(C)C)NC(=O)OCc1ccccc1. The first kappa shape index (κ1) is 20.7. The molecule has 25 heavy (non-hydrogen) atoms. The highest BCUT2D eigenvalue weighted by molar-refractivity contribution is 5.73. The van der Waals surface area contributed by atoms with Gasteiger partial charge in [0, 0.05) is 13.1 Å². The lowest BCUT2D eigenvalue weighted by Crippen LogP contribution is -2.44. The molecule has 6 nitrogen and oxygen atoms in total. The Morgan fingerprint density at radius 2 is 1.92 bits per heavy atom. The van der Waals surface area contributed by atoms with E-state index in [0.717, 1.165) is 5.56 Å². The number of esters is 1. The average Bonchev–Trinajstić information content (AvgIpc) is 2.52. The quantitative estimate of drug-likeness (QED) is 0.408. The number of rotatable bonds is 9. The van der Waals surface area contributed by atoms with Crippen molar-refractivity contribution in [2.24, 2.45) is 0 Å². The minimum Gasteiger partial charge on any atom is -0.460 e. The maximum atomic E-state index is 12.0. The van der Waals surface area contributed by atoms with E-state index in [4.69, 9.17) is 9.47 Å². The summed E-state index contributed by atoms with van der Waals surface area (Å²) < 4.78 is 10.5. The van der Waals surface area contributed by atoms with Gasteiger partial charge in [-0.2, -0.15) is 0 Å². The van der Waals surface area contributed by atoms with Crippen LogP contribution >= 0.6 is 0 Å². The number of benzene rings is 1. The van der Waals surface area contributed by atoms with Crippen LogP contribution in [0, 0.1) is 0 Å². The van der Waals surface area contributed by atoms with Crippen LogP contribution in [0.25, 0.3) is 0 Å². The first-order valence-electron chi connectivity index (χ1n) is 8.31. The Hall–Kier alpha value is -2.34. The van der Waals surface area contributed by atoms with Crippen LogP contribution in [0.1, 0.15) is 32.8 Å². The molecule has 0 aliphatic rings. The van der Waals surface area contributed by atoms with Crippen molar-refractivity contribution in [2.75, 3.05) is 13.1 Å². The average molecular weight is 348 g/mol. The maximum Gasteiger partial charge on any atom is 0.407 e. The van der Waals surface area contributed by atoms with E-state index in [0.29, 0.717) is 13.1 Å². The molecular formula is C19H28N2O4. The molecule has 0 unspecified atom stereocenters. The second kappa shape index (κ2) is 10.5. The highest BCUT2D eigenvalue weighted by Crippen LogP contribution is 2.09. The van der Waals surface area contributed by atoms with E-state index in [1.807, 2.05) is 30.3 Å². The smallest absolute Gasteiger partial charge is 0.407 e. The summed E-state index contributed by atoms with van der Waals surface area (Å²) in [4.78, 5) is 24.0. The predicted octanol–water partition coefficient (Wildman–Crippen LogP) is 2.79. The fraction of sp³-hybridized carbons (Fsp3) is 0.474. The van der Waals surface area contributed by atoms with Gasteiger partial charge in [0.2, 0.25) is 0 Å². The van der Waals surface area contributed by atoms with Crippen molar-refractivity contribution in [2.45, 2.75) is 45.4 Å². The van der Waals surface area contributed by atoms with E-state index in [9.17, 15) is 9.59 Å². The van der Waals surface area contributed by atoms with Gasteiger partial charge in [-0.15, -0.1) is 6.58 Å². The summed E-state index contributed by atoms with van der Waals surface area (Å²) in [5, 5.41) is 5.79. The molecule has 0 fully saturated rings. The normalized spacial score (nSPS) is 12.1. The minimum absolute atomic E-state index is 0.0574. The molecule has 0 spiro atoms. The summed E-state index contributed by atoms with van der Waals surface area (Å²) in [7, 11) is 0. The summed E-state index contributed by atoms with van der Waals surface area (Å²) >= 11 is 0. The molecule has 138 valence electrons. The number of ether oxygens (including phenoxy) is 2. The molecule has 0 saturated carbocycles. The van der Waals surface area contributed by atoms with E-state index >= 15 is 0 Å². The van der Waals surface area contributed by atoms with Crippen LogP contribution in [0.5, 0.6) is 0 Å². The first-order valence-corrected chi connectivity index (χ1v) is 8.31. The Labute approximate surface area is 149 Å². The molecule has 1 amide bonds. The molecule has 0 aromatic heterocycles. The van der Waals surface area contributed by atoms with Crippen LogP contribution in [0.2, 0.25) is 0 Å². The number of carbonyl (C=O) groups excluding carboxylic acids is 2. The van der Waals surface area contributed by atoms with Gasteiger partial charge >= 0.3 is 12.1 Å². The number of carbonyl (C=O) groups is 2. The molecule has 1 rings (SSSR count). The second-order valence-corrected chi connectivity index (χ2v) is 6.64. The van der Waals surface area contributed by atoms with Crippen LogP contribution in [-0.4, -0.2) is 36.8 Å². The molecule has 0 heterocycles. The lowest BCUT2D eigenvalue weighted by atomic mass is 10.1. The summed E-state index contributed by atoms with van der Waals surface area (Å²) in [6.45, 7) is 10.2. The van der Waals surface area contributed by atoms with Crippen molar-refractivity contribution in [1.82, 2.24) is 10.6 Å². The second-order valence-electron chi connectivity index (χ2n) is 6.64. The Bertz CT molecular complexity index is 552. The fourth-order valence-corrected chi connectivity index (χ4v) is 2.05. The fourth-order valence-electron chi connectivity index (χ4n) is 2.05. The topological polar surface area (TPSA) is 76.7 Å². The highest BCUT2D eigenvalue weighted by atomic mass is 16.6. The molecule has 0 aliphatic carbocycles. The van der Waals surface area contributed by atoms with Crippen molar-refractivity contribution in [3.8, 4) is 0 Å². The largest absolute Gasteiger partial charge is 0.460 e. The zero-order chi connectivity index (χ0) is 18.7. The van der Waals surface area contributed by atoms with Gasteiger partial charge in [-0.3, -0.25) is 4.79 Å². The molecule has 1 atom stereocenters. The number of hydrogen-bond donors (Lipinski definition) is 2. The zero-order valence-electron chi connectivity index (χ0n) is 15.2. The van der Waals surface area contributed by atoms with Crippen molar-refractivity contribution in [1.29, 1.82) is 0 Å². The van der Waals surface area contributed by atoms with Gasteiger partial charge in [0.15, 0.2) is 0 Å². The molecule has 1 aromatic rings. The lowest BCUT2D eigenvalue weighted by molar-refractivity contribution is -0.155. The van der Waals surface area contributed by atoms with Gasteiger partial charge in [0.05, 0.1) is 12.5 Å². The van der Waals surface area contributed by atoms with Crippen molar-refractivity contribution in [3.05, 3.63) is 48.6 Å². The summed E-state index contributed by atoms with van der Waals surface area (Å²) in [6.07, 6.45) is 1.19. The van der Waals surface area contributed by atoms with Gasteiger partial charge in [0.25, 0.3) is 0 Å². The number of nitrogens with one attached hydrogen (secondary N) is 2. The number of alkyl carbamates (subject to hydrolysis) is 1. The van der Waals surface area contributed by atoms with E-state index in [1.165, 1.54) is 0 Å². The van der Waals surface area contributed by atoms with E-state index in [2.05, 4.69) is 17.2 Å². The van der Waals surface area contributed by atoms with E-state index in [-0.39, 0.29) is 19.0 Å². The molecule has 6 heteroatoms. The molecule has 0 aliphatic heterocycles. The van der Waals surface area contributed by atoms with Crippen LogP contribution in [0.4, 0.5) is 4.79 Å². The monoisotopic (exact) mass is 348 g/mol. The molecule has 2 N–H and O–H groups in total. The van der Waals surface area contributed by atoms with Crippen molar-refractivity contribution < 1.29 is 19.1 Å². The van der Waals surface area contributed by atoms with Crippen LogP contribution < -0.4 is 10.6 Å². The standard InChI is InChI=1S/C19H28N2O4/c1-5-11-20-13-16(12-17(22)25-19(2,3)4)21-18(23)24-14-15-9-7-6-8-10-15/h5-10,16,20H,1,11-14H2,2-4H3,(H,21,23)/t16-/m0/s1. The molecular weight excluding hydrogens is 320 g/mol. The predicted molar refractivity (Wildman–Crippen MR) is 97.1 cm³/mol. The summed E-state index contributed by atoms with van der Waals surface area (Å²) in [5.41, 5.74) is 0.329. The van der Waals surface area contributed by atoms with Crippen LogP contribution in [0.3, 0.4) is 0 Å². The van der Waals surface area contributed by atoms with Crippen molar-refractivity contribution >= 4 is 12.1 Å². The Balaban J connectivity index is 2.51. The van der Waals surface area contributed by atoms with Gasteiger partial charge in [-0.1, -0.05) is 36.4 Å². The molecule has 0 saturated heterocycles. The molecule has 0 bridgehead atoms. The van der Waals surface area contributed by atoms with Gasteiger partial charge in [-0.25, -0.2) is 4.79 Å². The van der Waals surface area contributed by atoms with Gasteiger partial charge < -0.3 is 20.1 Å². The van der Waals surface area contributed by atoms with E-state index in [1.54, 1.807) is 26.8 Å². The van der Waals surface area contributed by atoms with E-state index < -0.39 is 17.7 Å². The Morgan fingerprint density at radius 1 is 1.24 bits per heavy atom. The lowest BCUT2D eigenvalue weighted by Gasteiger charge is -2.23. The van der Waals surface area contributed by atoms with Crippen molar-refractivity contribution in [3.63, 3.8) is 0 Å².